The van der Waals surface area contributed by atoms with Crippen molar-refractivity contribution in [3.05, 3.63) is 59.7 Å². The molecule has 0 radical (unpaired) electrons. The summed E-state index contributed by atoms with van der Waals surface area (Å²) < 4.78 is 17.5. The van der Waals surface area contributed by atoms with E-state index in [2.05, 4.69) is 15.0 Å². The number of phenolic OH excluding ortho intramolecular Hbond substituents is 1. The molecular formula is C15H13FN2O4. The predicted octanol–water partition coefficient (Wildman–Crippen LogP) is 1.57. The van der Waals surface area contributed by atoms with Gasteiger partial charge in [-0.2, -0.15) is 0 Å². The summed E-state index contributed by atoms with van der Waals surface area (Å²) in [6.45, 7) is 0. The van der Waals surface area contributed by atoms with Crippen molar-refractivity contribution in [2.24, 2.45) is 0 Å². The molecule has 7 heteroatoms. The molecule has 0 saturated heterocycles. The third-order valence-electron chi connectivity index (χ3n) is 2.90. The van der Waals surface area contributed by atoms with Gasteiger partial charge in [0.25, 0.3) is 5.91 Å². The Morgan fingerprint density at radius 2 is 1.91 bits per heavy atom. The molecule has 0 aliphatic carbocycles. The SMILES string of the molecule is COC(=O)C(NC(=O)c1ccc(F)cn1)c1ccc(O)cc1. The van der Waals surface area contributed by atoms with Crippen LogP contribution in [0.25, 0.3) is 0 Å². The zero-order chi connectivity index (χ0) is 16.1. The Balaban J connectivity index is 2.23. The Morgan fingerprint density at radius 1 is 1.23 bits per heavy atom. The number of carbonyl (C=O) groups excluding carboxylic acids is 2. The van der Waals surface area contributed by atoms with Crippen molar-refractivity contribution in [2.75, 3.05) is 7.11 Å². The number of hydrogen-bond acceptors (Lipinski definition) is 5. The van der Waals surface area contributed by atoms with Gasteiger partial charge in [0.15, 0.2) is 6.04 Å². The topological polar surface area (TPSA) is 88.5 Å². The average Bonchev–Trinajstić information content (AvgIpc) is 2.53. The fourth-order valence-electron chi connectivity index (χ4n) is 1.78. The van der Waals surface area contributed by atoms with Gasteiger partial charge in [-0.25, -0.2) is 14.2 Å². The number of nitrogens with one attached hydrogen (secondary N) is 1. The summed E-state index contributed by atoms with van der Waals surface area (Å²) in [7, 11) is 1.19. The Labute approximate surface area is 125 Å². The molecule has 0 bridgehead atoms. The van der Waals surface area contributed by atoms with E-state index in [0.717, 1.165) is 12.3 Å². The van der Waals surface area contributed by atoms with Crippen LogP contribution in [0, 0.1) is 5.82 Å². The van der Waals surface area contributed by atoms with Crippen molar-refractivity contribution in [1.29, 1.82) is 0 Å². The van der Waals surface area contributed by atoms with Crippen molar-refractivity contribution in [1.82, 2.24) is 10.3 Å². The van der Waals surface area contributed by atoms with Crippen LogP contribution in [0.5, 0.6) is 5.75 Å². The first-order valence-corrected chi connectivity index (χ1v) is 6.30. The molecule has 6 nitrogen and oxygen atoms in total. The maximum absolute atomic E-state index is 12.8. The third-order valence-corrected chi connectivity index (χ3v) is 2.90. The minimum atomic E-state index is -1.06. The largest absolute Gasteiger partial charge is 0.508 e. The zero-order valence-electron chi connectivity index (χ0n) is 11.6. The highest BCUT2D eigenvalue weighted by molar-refractivity contribution is 5.95. The minimum absolute atomic E-state index is 0.0268. The molecule has 1 aromatic heterocycles. The summed E-state index contributed by atoms with van der Waals surface area (Å²) in [5.41, 5.74) is 0.397. The summed E-state index contributed by atoms with van der Waals surface area (Å²) >= 11 is 0. The first kappa shape index (κ1) is 15.4. The van der Waals surface area contributed by atoms with Crippen LogP contribution in [0.4, 0.5) is 4.39 Å². The number of nitrogens with zero attached hydrogens (tertiary/aromatic N) is 1. The summed E-state index contributed by atoms with van der Waals surface area (Å²) in [4.78, 5) is 27.6. The summed E-state index contributed by atoms with van der Waals surface area (Å²) in [6, 6.07) is 6.96. The van der Waals surface area contributed by atoms with E-state index in [1.165, 1.54) is 37.4 Å². The predicted molar refractivity (Wildman–Crippen MR) is 74.5 cm³/mol. The first-order valence-electron chi connectivity index (χ1n) is 6.30. The van der Waals surface area contributed by atoms with Crippen LogP contribution in [0.2, 0.25) is 0 Å². The molecule has 2 N–H and O–H groups in total. The molecular weight excluding hydrogens is 291 g/mol. The number of benzene rings is 1. The van der Waals surface area contributed by atoms with Crippen molar-refractivity contribution >= 4 is 11.9 Å². The highest BCUT2D eigenvalue weighted by Crippen LogP contribution is 2.18. The van der Waals surface area contributed by atoms with Crippen molar-refractivity contribution in [3.63, 3.8) is 0 Å². The highest BCUT2D eigenvalue weighted by atomic mass is 19.1. The van der Waals surface area contributed by atoms with Crippen molar-refractivity contribution in [3.8, 4) is 5.75 Å². The van der Waals surface area contributed by atoms with Crippen molar-refractivity contribution in [2.45, 2.75) is 6.04 Å². The molecule has 1 atom stereocenters. The van der Waals surface area contributed by atoms with Gasteiger partial charge in [-0.05, 0) is 29.8 Å². The fourth-order valence-corrected chi connectivity index (χ4v) is 1.78. The lowest BCUT2D eigenvalue weighted by molar-refractivity contribution is -0.143. The van der Waals surface area contributed by atoms with E-state index in [1.807, 2.05) is 0 Å². The second-order valence-corrected chi connectivity index (χ2v) is 4.38. The monoisotopic (exact) mass is 304 g/mol. The number of esters is 1. The molecule has 0 saturated carbocycles. The number of carbonyl (C=O) groups is 2. The third kappa shape index (κ3) is 3.57. The number of aromatic nitrogens is 1. The maximum Gasteiger partial charge on any atom is 0.333 e. The lowest BCUT2D eigenvalue weighted by Crippen LogP contribution is -2.35. The number of hydrogen-bond donors (Lipinski definition) is 2. The smallest absolute Gasteiger partial charge is 0.333 e. The number of ether oxygens (including phenoxy) is 1. The molecule has 2 rings (SSSR count). The Bertz CT molecular complexity index is 671. The Kier molecular flexibility index (Phi) is 4.67. The van der Waals surface area contributed by atoms with Crippen LogP contribution < -0.4 is 5.32 Å². The first-order chi connectivity index (χ1) is 10.5. The van der Waals surface area contributed by atoms with Crippen LogP contribution in [-0.2, 0) is 9.53 Å². The zero-order valence-corrected chi connectivity index (χ0v) is 11.6. The second kappa shape index (κ2) is 6.66. The van der Waals surface area contributed by atoms with Crippen LogP contribution >= 0.6 is 0 Å². The van der Waals surface area contributed by atoms with Crippen LogP contribution in [0.3, 0.4) is 0 Å². The average molecular weight is 304 g/mol. The van der Waals surface area contributed by atoms with Gasteiger partial charge in [0.05, 0.1) is 13.3 Å². The van der Waals surface area contributed by atoms with Gasteiger partial charge in [0, 0.05) is 0 Å². The molecule has 1 heterocycles. The number of phenols is 1. The van der Waals surface area contributed by atoms with E-state index >= 15 is 0 Å². The minimum Gasteiger partial charge on any atom is -0.508 e. The second-order valence-electron chi connectivity index (χ2n) is 4.38. The molecule has 1 aromatic carbocycles. The number of methoxy groups -OCH3 is 1. The van der Waals surface area contributed by atoms with Gasteiger partial charge in [-0.15, -0.1) is 0 Å². The number of aromatic hydroxyl groups is 1. The van der Waals surface area contributed by atoms with E-state index in [-0.39, 0.29) is 11.4 Å². The highest BCUT2D eigenvalue weighted by Gasteiger charge is 2.24. The molecule has 0 spiro atoms. The van der Waals surface area contributed by atoms with E-state index in [1.54, 1.807) is 0 Å². The maximum atomic E-state index is 12.8. The van der Waals surface area contributed by atoms with Gasteiger partial charge in [-0.1, -0.05) is 12.1 Å². The van der Waals surface area contributed by atoms with Gasteiger partial charge in [0.2, 0.25) is 0 Å². The quantitative estimate of drug-likeness (QED) is 0.837. The lowest BCUT2D eigenvalue weighted by Gasteiger charge is -2.16. The van der Waals surface area contributed by atoms with Gasteiger partial charge in [0.1, 0.15) is 17.3 Å². The summed E-state index contributed by atoms with van der Waals surface area (Å²) in [5, 5.41) is 11.7. The number of halogens is 1. The van der Waals surface area contributed by atoms with Crippen LogP contribution in [-0.4, -0.2) is 29.1 Å². The van der Waals surface area contributed by atoms with Gasteiger partial charge < -0.3 is 15.2 Å². The van der Waals surface area contributed by atoms with Crippen LogP contribution in [0.15, 0.2) is 42.6 Å². The Hall–Kier alpha value is -2.96. The molecule has 114 valence electrons. The molecule has 0 aliphatic heterocycles. The Morgan fingerprint density at radius 3 is 2.45 bits per heavy atom. The molecule has 0 fully saturated rings. The molecule has 2 aromatic rings. The van der Waals surface area contributed by atoms with E-state index in [9.17, 15) is 19.1 Å². The van der Waals surface area contributed by atoms with E-state index < -0.39 is 23.7 Å². The molecule has 1 amide bonds. The number of rotatable bonds is 4. The molecule has 22 heavy (non-hydrogen) atoms. The number of pyridine rings is 1. The fraction of sp³-hybridized carbons (Fsp3) is 0.133. The summed E-state index contributed by atoms with van der Waals surface area (Å²) in [6.07, 6.45) is 0.905. The van der Waals surface area contributed by atoms with E-state index in [4.69, 9.17) is 0 Å². The normalized spacial score (nSPS) is 11.5. The lowest BCUT2D eigenvalue weighted by atomic mass is 10.1. The standard InChI is InChI=1S/C15H13FN2O4/c1-22-15(21)13(9-2-5-11(19)6-3-9)18-14(20)12-7-4-10(16)8-17-12/h2-8,13,19H,1H3,(H,18,20). The van der Waals surface area contributed by atoms with Crippen LogP contribution in [0.1, 0.15) is 22.1 Å². The van der Waals surface area contributed by atoms with Gasteiger partial charge in [-0.3, -0.25) is 4.79 Å². The van der Waals surface area contributed by atoms with Crippen molar-refractivity contribution < 1.29 is 23.8 Å². The number of amides is 1. The molecule has 1 unspecified atom stereocenters. The molecule has 0 aliphatic rings. The van der Waals surface area contributed by atoms with E-state index in [0.29, 0.717) is 5.56 Å². The van der Waals surface area contributed by atoms with Gasteiger partial charge >= 0.3 is 5.97 Å². The summed E-state index contributed by atoms with van der Waals surface area (Å²) in [5.74, 6) is -1.87.